The van der Waals surface area contributed by atoms with E-state index in [-0.39, 0.29) is 17.3 Å². The molecule has 2 fully saturated rings. The Labute approximate surface area is 180 Å². The molecule has 1 aliphatic carbocycles. The van der Waals surface area contributed by atoms with Crippen LogP contribution in [0.25, 0.3) is 0 Å². The maximum Gasteiger partial charge on any atom is 0.123 e. The van der Waals surface area contributed by atoms with Gasteiger partial charge in [0.2, 0.25) is 0 Å². The van der Waals surface area contributed by atoms with E-state index >= 15 is 0 Å². The molecule has 0 bridgehead atoms. The lowest BCUT2D eigenvalue weighted by Crippen LogP contribution is -2.44. The van der Waals surface area contributed by atoms with E-state index in [0.29, 0.717) is 12.5 Å². The van der Waals surface area contributed by atoms with Crippen LogP contribution in [0.2, 0.25) is 0 Å². The molecule has 162 valence electrons. The Morgan fingerprint density at radius 3 is 2.47 bits per heavy atom. The molecule has 0 amide bonds. The third-order valence-corrected chi connectivity index (χ3v) is 7.21. The lowest BCUT2D eigenvalue weighted by atomic mass is 9.73. The van der Waals surface area contributed by atoms with Crippen LogP contribution in [0.5, 0.6) is 0 Å². The molecular weight excluding hydrogens is 375 g/mol. The molecule has 30 heavy (non-hydrogen) atoms. The van der Waals surface area contributed by atoms with Crippen LogP contribution in [0.1, 0.15) is 80.0 Å². The Hall–Kier alpha value is -1.78. The van der Waals surface area contributed by atoms with Gasteiger partial charge in [0.05, 0.1) is 18.4 Å². The molecule has 4 heteroatoms. The zero-order valence-corrected chi connectivity index (χ0v) is 18.7. The summed E-state index contributed by atoms with van der Waals surface area (Å²) < 4.78 is 20.0. The third-order valence-electron chi connectivity index (χ3n) is 7.21. The molecule has 1 aromatic heterocycles. The average molecular weight is 411 g/mol. The Balaban J connectivity index is 1.51. The van der Waals surface area contributed by atoms with Crippen molar-refractivity contribution in [1.82, 2.24) is 9.88 Å². The summed E-state index contributed by atoms with van der Waals surface area (Å²) in [7, 11) is 2.17. The number of aromatic nitrogens is 1. The van der Waals surface area contributed by atoms with Crippen LogP contribution in [0, 0.1) is 12.7 Å². The molecule has 0 spiro atoms. The minimum Gasteiger partial charge on any atom is -0.371 e. The van der Waals surface area contributed by atoms with Crippen LogP contribution >= 0.6 is 0 Å². The second-order valence-electron chi connectivity index (χ2n) is 9.52. The molecule has 1 saturated carbocycles. The van der Waals surface area contributed by atoms with E-state index in [1.54, 1.807) is 12.1 Å². The molecule has 2 aromatic rings. The lowest BCUT2D eigenvalue weighted by Gasteiger charge is -2.41. The van der Waals surface area contributed by atoms with Gasteiger partial charge in [0.25, 0.3) is 0 Å². The first-order chi connectivity index (χ1) is 14.4. The highest BCUT2D eigenvalue weighted by Gasteiger charge is 2.36. The highest BCUT2D eigenvalue weighted by Crippen LogP contribution is 2.38. The topological polar surface area (TPSA) is 25.4 Å². The van der Waals surface area contributed by atoms with E-state index in [4.69, 9.17) is 9.72 Å². The minimum atomic E-state index is -0.181. The average Bonchev–Trinajstić information content (AvgIpc) is 3.29. The fourth-order valence-electron chi connectivity index (χ4n) is 5.10. The SMILES string of the molecule is Cc1cc(C2CCCC2)nc(C(C)OCC2(c3ccc(F)cc3)CCN(C)CC2)c1. The number of halogens is 1. The number of ether oxygens (including phenoxy) is 1. The second-order valence-corrected chi connectivity index (χ2v) is 9.52. The van der Waals surface area contributed by atoms with Gasteiger partial charge in [0.15, 0.2) is 0 Å². The Kier molecular flexibility index (Phi) is 6.54. The first-order valence-electron chi connectivity index (χ1n) is 11.5. The van der Waals surface area contributed by atoms with Crippen LogP contribution < -0.4 is 0 Å². The van der Waals surface area contributed by atoms with E-state index in [2.05, 4.69) is 37.9 Å². The molecule has 1 atom stereocenters. The van der Waals surface area contributed by atoms with Crippen molar-refractivity contribution in [3.05, 3.63) is 64.7 Å². The quantitative estimate of drug-likeness (QED) is 0.590. The number of likely N-dealkylation sites (tertiary alicyclic amines) is 1. The summed E-state index contributed by atoms with van der Waals surface area (Å²) in [6, 6.07) is 11.5. The minimum absolute atomic E-state index is 0.0537. The van der Waals surface area contributed by atoms with E-state index < -0.39 is 0 Å². The molecule has 2 aliphatic rings. The summed E-state index contributed by atoms with van der Waals surface area (Å²) >= 11 is 0. The number of piperidine rings is 1. The van der Waals surface area contributed by atoms with Crippen molar-refractivity contribution in [2.24, 2.45) is 0 Å². The third kappa shape index (κ3) is 4.76. The van der Waals surface area contributed by atoms with Gasteiger partial charge in [-0.2, -0.15) is 0 Å². The van der Waals surface area contributed by atoms with Crippen molar-refractivity contribution < 1.29 is 9.13 Å². The van der Waals surface area contributed by atoms with Crippen LogP contribution in [0.3, 0.4) is 0 Å². The van der Waals surface area contributed by atoms with Gasteiger partial charge in [-0.3, -0.25) is 4.98 Å². The van der Waals surface area contributed by atoms with Gasteiger partial charge in [-0.05, 0) is 95.1 Å². The molecule has 3 nitrogen and oxygen atoms in total. The van der Waals surface area contributed by atoms with Gasteiger partial charge in [-0.1, -0.05) is 25.0 Å². The van der Waals surface area contributed by atoms with Crippen LogP contribution in [0.4, 0.5) is 4.39 Å². The summed E-state index contributed by atoms with van der Waals surface area (Å²) in [5.41, 5.74) is 4.68. The summed E-state index contributed by atoms with van der Waals surface area (Å²) in [6.45, 7) is 6.98. The molecule has 1 saturated heterocycles. The van der Waals surface area contributed by atoms with E-state index in [9.17, 15) is 4.39 Å². The van der Waals surface area contributed by atoms with Crippen LogP contribution in [0.15, 0.2) is 36.4 Å². The normalized spacial score (nSPS) is 21.1. The van der Waals surface area contributed by atoms with E-state index in [1.807, 2.05) is 12.1 Å². The van der Waals surface area contributed by atoms with Crippen molar-refractivity contribution >= 4 is 0 Å². The summed E-state index contributed by atoms with van der Waals surface area (Å²) in [5, 5.41) is 0. The predicted octanol–water partition coefficient (Wildman–Crippen LogP) is 5.93. The zero-order chi connectivity index (χ0) is 21.1. The second kappa shape index (κ2) is 9.15. The number of rotatable bonds is 6. The zero-order valence-electron chi connectivity index (χ0n) is 18.7. The van der Waals surface area contributed by atoms with Gasteiger partial charge in [-0.15, -0.1) is 0 Å². The summed E-state index contributed by atoms with van der Waals surface area (Å²) in [4.78, 5) is 7.38. The molecule has 1 unspecified atom stereocenters. The lowest BCUT2D eigenvalue weighted by molar-refractivity contribution is 0.00450. The molecule has 4 rings (SSSR count). The van der Waals surface area contributed by atoms with Crippen molar-refractivity contribution in [2.75, 3.05) is 26.7 Å². The van der Waals surface area contributed by atoms with E-state index in [1.165, 1.54) is 42.5 Å². The Morgan fingerprint density at radius 1 is 1.13 bits per heavy atom. The Morgan fingerprint density at radius 2 is 1.80 bits per heavy atom. The van der Waals surface area contributed by atoms with Gasteiger partial charge < -0.3 is 9.64 Å². The maximum absolute atomic E-state index is 13.5. The van der Waals surface area contributed by atoms with Crippen LogP contribution in [-0.4, -0.2) is 36.6 Å². The smallest absolute Gasteiger partial charge is 0.123 e. The molecule has 2 heterocycles. The first kappa shape index (κ1) is 21.5. The number of pyridine rings is 1. The van der Waals surface area contributed by atoms with Crippen LogP contribution in [-0.2, 0) is 10.2 Å². The number of hydrogen-bond donors (Lipinski definition) is 0. The van der Waals surface area contributed by atoms with Gasteiger partial charge in [0, 0.05) is 17.0 Å². The number of benzene rings is 1. The van der Waals surface area contributed by atoms with E-state index in [0.717, 1.165) is 31.6 Å². The highest BCUT2D eigenvalue weighted by atomic mass is 19.1. The molecule has 0 radical (unpaired) electrons. The maximum atomic E-state index is 13.5. The summed E-state index contributed by atoms with van der Waals surface area (Å²) in [5.74, 6) is 0.426. The fourth-order valence-corrected chi connectivity index (χ4v) is 5.10. The van der Waals surface area contributed by atoms with Crippen molar-refractivity contribution in [2.45, 2.75) is 69.8 Å². The molecule has 1 aromatic carbocycles. The number of aryl methyl sites for hydroxylation is 1. The predicted molar refractivity (Wildman–Crippen MR) is 119 cm³/mol. The monoisotopic (exact) mass is 410 g/mol. The van der Waals surface area contributed by atoms with Gasteiger partial charge in [-0.25, -0.2) is 4.39 Å². The van der Waals surface area contributed by atoms with Gasteiger partial charge in [0.1, 0.15) is 5.82 Å². The molecule has 1 aliphatic heterocycles. The van der Waals surface area contributed by atoms with Crippen molar-refractivity contribution in [3.8, 4) is 0 Å². The summed E-state index contributed by atoms with van der Waals surface area (Å²) in [6.07, 6.45) is 7.14. The number of nitrogens with zero attached hydrogens (tertiary/aromatic N) is 2. The van der Waals surface area contributed by atoms with Gasteiger partial charge >= 0.3 is 0 Å². The fraction of sp³-hybridized carbons (Fsp3) is 0.577. The van der Waals surface area contributed by atoms with Crippen molar-refractivity contribution in [3.63, 3.8) is 0 Å². The highest BCUT2D eigenvalue weighted by molar-refractivity contribution is 5.28. The number of hydrogen-bond acceptors (Lipinski definition) is 3. The molecular formula is C26H35FN2O. The standard InChI is InChI=1S/C26H35FN2O/c1-19-16-24(28-25(17-19)21-6-4-5-7-21)20(2)30-18-26(12-14-29(3)15-13-26)22-8-10-23(27)11-9-22/h8-11,16-17,20-21H,4-7,12-15,18H2,1-3H3. The Bertz CT molecular complexity index is 837. The largest absolute Gasteiger partial charge is 0.371 e. The van der Waals surface area contributed by atoms with Crippen molar-refractivity contribution in [1.29, 1.82) is 0 Å². The first-order valence-corrected chi connectivity index (χ1v) is 11.5. The molecule has 0 N–H and O–H groups in total.